The Morgan fingerprint density at radius 2 is 1.80 bits per heavy atom. The summed E-state index contributed by atoms with van der Waals surface area (Å²) in [6.07, 6.45) is 0. The van der Waals surface area contributed by atoms with Crippen LogP contribution in [0.5, 0.6) is 0 Å². The molecule has 0 amide bonds. The molecule has 4 heteroatoms. The van der Waals surface area contributed by atoms with Gasteiger partial charge in [-0.1, -0.05) is 0 Å². The maximum atomic E-state index is 12.8. The zero-order valence-electron chi connectivity index (χ0n) is 8.53. The minimum Gasteiger partial charge on any atom is -0.370 e. The van der Waals surface area contributed by atoms with Crippen LogP contribution in [0.3, 0.4) is 0 Å². The van der Waals surface area contributed by atoms with Crippen LogP contribution in [0.15, 0.2) is 24.3 Å². The van der Waals surface area contributed by atoms with Crippen LogP contribution in [-0.2, 0) is 4.74 Å². The second kappa shape index (κ2) is 3.18. The van der Waals surface area contributed by atoms with Gasteiger partial charge in [0.15, 0.2) is 0 Å². The van der Waals surface area contributed by atoms with Gasteiger partial charge in [0.25, 0.3) is 0 Å². The maximum absolute atomic E-state index is 12.8. The summed E-state index contributed by atoms with van der Waals surface area (Å²) >= 11 is 0. The van der Waals surface area contributed by atoms with Crippen molar-refractivity contribution in [1.82, 2.24) is 0 Å². The first-order valence-electron chi connectivity index (χ1n) is 5.28. The maximum Gasteiger partial charge on any atom is 0.220 e. The van der Waals surface area contributed by atoms with Crippen LogP contribution >= 0.6 is 0 Å². The summed E-state index contributed by atoms with van der Waals surface area (Å²) in [6.45, 7) is 4.78. The molecule has 2 aliphatic heterocycles. The van der Waals surface area contributed by atoms with E-state index in [1.165, 1.54) is 12.1 Å². The fourth-order valence-electron chi connectivity index (χ4n) is 2.23. The summed E-state index contributed by atoms with van der Waals surface area (Å²) in [5, 5.41) is 2.29. The van der Waals surface area contributed by atoms with Gasteiger partial charge in [0.05, 0.1) is 18.9 Å². The Hall–Kier alpha value is -1.13. The van der Waals surface area contributed by atoms with Gasteiger partial charge in [-0.25, -0.2) is 4.39 Å². The lowest BCUT2D eigenvalue weighted by Crippen LogP contribution is -2.42. The fourth-order valence-corrected chi connectivity index (χ4v) is 2.23. The minimum absolute atomic E-state index is 0.172. The van der Waals surface area contributed by atoms with Crippen molar-refractivity contribution in [2.75, 3.05) is 38.0 Å². The number of morpholine rings is 1. The number of benzene rings is 1. The van der Waals surface area contributed by atoms with Gasteiger partial charge in [-0.3, -0.25) is 0 Å². The molecule has 0 saturated carbocycles. The smallest absolute Gasteiger partial charge is 0.220 e. The number of hydrogen-bond donors (Lipinski definition) is 0. The molecule has 0 aliphatic carbocycles. The predicted molar refractivity (Wildman–Crippen MR) is 54.6 cm³/mol. The Kier molecular flexibility index (Phi) is 1.94. The number of hydrogen-bond acceptors (Lipinski definition) is 2. The van der Waals surface area contributed by atoms with E-state index in [1.807, 2.05) is 12.1 Å². The number of rotatable bonds is 1. The summed E-state index contributed by atoms with van der Waals surface area (Å²) in [4.78, 5) is 0. The van der Waals surface area contributed by atoms with E-state index in [2.05, 4.69) is 5.01 Å². The van der Waals surface area contributed by atoms with Crippen molar-refractivity contribution >= 4 is 5.69 Å². The van der Waals surface area contributed by atoms with Crippen LogP contribution in [0.2, 0.25) is 0 Å². The molecule has 1 aromatic rings. The van der Waals surface area contributed by atoms with E-state index >= 15 is 0 Å². The van der Waals surface area contributed by atoms with Crippen LogP contribution in [0.25, 0.3) is 0 Å². The Morgan fingerprint density at radius 3 is 2.47 bits per heavy atom. The number of halogens is 1. The van der Waals surface area contributed by atoms with Crippen molar-refractivity contribution in [2.24, 2.45) is 0 Å². The SMILES string of the molecule is Fc1ccc(N2C[N+]23CCOCC3)cc1. The molecule has 0 bridgehead atoms. The quantitative estimate of drug-likeness (QED) is 0.511. The highest BCUT2D eigenvalue weighted by molar-refractivity contribution is 5.45. The summed E-state index contributed by atoms with van der Waals surface area (Å²) < 4.78 is 19.1. The molecule has 3 nitrogen and oxygen atoms in total. The Bertz CT molecular complexity index is 359. The largest absolute Gasteiger partial charge is 0.370 e. The summed E-state index contributed by atoms with van der Waals surface area (Å²) in [5.41, 5.74) is 1.11. The first-order chi connectivity index (χ1) is 7.30. The number of anilines is 1. The molecule has 0 N–H and O–H groups in total. The summed E-state index contributed by atoms with van der Waals surface area (Å²) in [5.74, 6) is -0.172. The summed E-state index contributed by atoms with van der Waals surface area (Å²) in [6, 6.07) is 6.73. The molecule has 0 radical (unpaired) electrons. The van der Waals surface area contributed by atoms with Crippen molar-refractivity contribution in [3.05, 3.63) is 30.1 Å². The lowest BCUT2D eigenvalue weighted by Gasteiger charge is -2.23. The van der Waals surface area contributed by atoms with Gasteiger partial charge < -0.3 is 4.74 Å². The van der Waals surface area contributed by atoms with E-state index in [-0.39, 0.29) is 5.82 Å². The predicted octanol–water partition coefficient (Wildman–Crippen LogP) is 1.37. The highest BCUT2D eigenvalue weighted by atomic mass is 19.1. The second-order valence-electron chi connectivity index (χ2n) is 4.17. The van der Waals surface area contributed by atoms with Crippen molar-refractivity contribution in [3.8, 4) is 0 Å². The molecule has 2 saturated heterocycles. The van der Waals surface area contributed by atoms with E-state index in [9.17, 15) is 4.39 Å². The van der Waals surface area contributed by atoms with E-state index in [1.54, 1.807) is 0 Å². The Morgan fingerprint density at radius 1 is 1.13 bits per heavy atom. The molecule has 0 unspecified atom stereocenters. The van der Waals surface area contributed by atoms with Gasteiger partial charge in [-0.2, -0.15) is 9.60 Å². The lowest BCUT2D eigenvalue weighted by molar-refractivity contribution is -0.815. The van der Waals surface area contributed by atoms with E-state index in [0.717, 1.165) is 43.3 Å². The molecule has 0 atom stereocenters. The highest BCUT2D eigenvalue weighted by Crippen LogP contribution is 2.36. The first kappa shape index (κ1) is 9.12. The van der Waals surface area contributed by atoms with E-state index in [0.29, 0.717) is 0 Å². The van der Waals surface area contributed by atoms with Crippen LogP contribution in [0.1, 0.15) is 0 Å². The molecular formula is C11H14FN2O+. The third kappa shape index (κ3) is 1.50. The fraction of sp³-hybridized carbons (Fsp3) is 0.455. The Balaban J connectivity index is 1.77. The van der Waals surface area contributed by atoms with Crippen LogP contribution < -0.4 is 5.01 Å². The summed E-state index contributed by atoms with van der Waals surface area (Å²) in [7, 11) is 0. The van der Waals surface area contributed by atoms with E-state index < -0.39 is 0 Å². The number of quaternary nitrogens is 1. The highest BCUT2D eigenvalue weighted by Gasteiger charge is 2.54. The third-order valence-electron chi connectivity index (χ3n) is 3.25. The van der Waals surface area contributed by atoms with Crippen molar-refractivity contribution < 1.29 is 13.7 Å². The zero-order valence-corrected chi connectivity index (χ0v) is 8.53. The van der Waals surface area contributed by atoms with Gasteiger partial charge in [0, 0.05) is 0 Å². The molecule has 1 aromatic carbocycles. The van der Waals surface area contributed by atoms with Gasteiger partial charge in [-0.15, -0.1) is 0 Å². The average molecular weight is 209 g/mol. The van der Waals surface area contributed by atoms with Crippen molar-refractivity contribution in [3.63, 3.8) is 0 Å². The normalized spacial score (nSPS) is 23.1. The van der Waals surface area contributed by atoms with Gasteiger partial charge >= 0.3 is 0 Å². The number of ether oxygens (including phenoxy) is 1. The van der Waals surface area contributed by atoms with Crippen molar-refractivity contribution in [2.45, 2.75) is 0 Å². The average Bonchev–Trinajstić information content (AvgIpc) is 2.94. The molecular weight excluding hydrogens is 195 g/mol. The molecule has 2 heterocycles. The van der Waals surface area contributed by atoms with Gasteiger partial charge in [0.1, 0.15) is 18.9 Å². The Labute approximate surface area is 88.2 Å². The lowest BCUT2D eigenvalue weighted by atomic mass is 10.3. The molecule has 2 aliphatic rings. The van der Waals surface area contributed by atoms with Crippen LogP contribution in [-0.4, -0.2) is 37.6 Å². The van der Waals surface area contributed by atoms with Crippen LogP contribution in [0, 0.1) is 5.82 Å². The molecule has 0 aromatic heterocycles. The first-order valence-corrected chi connectivity index (χ1v) is 5.28. The van der Waals surface area contributed by atoms with Crippen LogP contribution in [0.4, 0.5) is 10.1 Å². The molecule has 2 fully saturated rings. The zero-order chi connectivity index (χ0) is 10.3. The van der Waals surface area contributed by atoms with Gasteiger partial charge in [0.2, 0.25) is 6.67 Å². The molecule has 80 valence electrons. The standard InChI is InChI=1S/C11H14FN2O/c12-10-1-3-11(4-2-10)13-9-14(13)5-7-15-8-6-14/h1-4H,5-9H2/q+1. The molecule has 15 heavy (non-hydrogen) atoms. The molecule has 3 rings (SSSR count). The second-order valence-corrected chi connectivity index (χ2v) is 4.17. The van der Waals surface area contributed by atoms with Gasteiger partial charge in [-0.05, 0) is 24.3 Å². The minimum atomic E-state index is -0.172. The number of nitrogens with zero attached hydrogens (tertiary/aromatic N) is 2. The van der Waals surface area contributed by atoms with Crippen molar-refractivity contribution in [1.29, 1.82) is 0 Å². The van der Waals surface area contributed by atoms with E-state index in [4.69, 9.17) is 4.74 Å². The third-order valence-corrected chi connectivity index (χ3v) is 3.25. The molecule has 1 spiro atoms. The topological polar surface area (TPSA) is 12.2 Å². The monoisotopic (exact) mass is 209 g/mol.